The minimum Gasteiger partial charge on any atom is -0.465 e. The summed E-state index contributed by atoms with van der Waals surface area (Å²) >= 11 is 0. The van der Waals surface area contributed by atoms with E-state index in [-0.39, 0.29) is 11.5 Å². The third-order valence-electron chi connectivity index (χ3n) is 3.34. The van der Waals surface area contributed by atoms with Crippen LogP contribution < -0.4 is 0 Å². The Labute approximate surface area is 85.4 Å². The lowest BCUT2D eigenvalue weighted by Gasteiger charge is -2.33. The van der Waals surface area contributed by atoms with Crippen LogP contribution in [-0.4, -0.2) is 36.1 Å². The van der Waals surface area contributed by atoms with Crippen LogP contribution in [0.3, 0.4) is 0 Å². The first-order chi connectivity index (χ1) is 6.79. The van der Waals surface area contributed by atoms with Gasteiger partial charge in [0, 0.05) is 0 Å². The minimum absolute atomic E-state index is 0.0156. The van der Waals surface area contributed by atoms with E-state index in [1.165, 1.54) is 19.3 Å². The Balaban J connectivity index is 1.96. The molecule has 1 aliphatic carbocycles. The molecule has 0 spiro atoms. The van der Waals surface area contributed by atoms with Crippen LogP contribution in [0.4, 0.5) is 0 Å². The summed E-state index contributed by atoms with van der Waals surface area (Å²) in [6, 6.07) is 0. The molecule has 0 N–H and O–H groups in total. The van der Waals surface area contributed by atoms with Crippen LogP contribution in [0.25, 0.3) is 0 Å². The van der Waals surface area contributed by atoms with E-state index in [4.69, 9.17) is 4.74 Å². The molecule has 14 heavy (non-hydrogen) atoms. The monoisotopic (exact) mass is 197 g/mol. The van der Waals surface area contributed by atoms with Crippen molar-refractivity contribution in [2.24, 2.45) is 0 Å². The van der Waals surface area contributed by atoms with Gasteiger partial charge in [0.1, 0.15) is 5.54 Å². The molecule has 2 fully saturated rings. The van der Waals surface area contributed by atoms with Gasteiger partial charge in [-0.15, -0.1) is 0 Å². The summed E-state index contributed by atoms with van der Waals surface area (Å²) in [6.07, 6.45) is 5.80. The fraction of sp³-hybridized carbons (Fsp3) is 0.909. The maximum atomic E-state index is 11.8. The third kappa shape index (κ3) is 1.65. The van der Waals surface area contributed by atoms with Gasteiger partial charge in [0.15, 0.2) is 0 Å². The molecule has 3 heteroatoms. The lowest BCUT2D eigenvalue weighted by Crippen LogP contribution is -2.47. The summed E-state index contributed by atoms with van der Waals surface area (Å²) in [5.74, 6) is 0.0156. The van der Waals surface area contributed by atoms with Gasteiger partial charge in [-0.3, -0.25) is 9.69 Å². The van der Waals surface area contributed by atoms with Crippen LogP contribution in [0.5, 0.6) is 0 Å². The van der Waals surface area contributed by atoms with Gasteiger partial charge in [0.2, 0.25) is 0 Å². The van der Waals surface area contributed by atoms with E-state index in [1.54, 1.807) is 0 Å². The van der Waals surface area contributed by atoms with Crippen LogP contribution >= 0.6 is 0 Å². The molecule has 3 nitrogen and oxygen atoms in total. The number of carbonyl (C=O) groups is 1. The average molecular weight is 197 g/mol. The molecule has 80 valence electrons. The van der Waals surface area contributed by atoms with Gasteiger partial charge < -0.3 is 4.74 Å². The second-order valence-electron chi connectivity index (χ2n) is 4.30. The Morgan fingerprint density at radius 1 is 1.29 bits per heavy atom. The molecule has 2 aliphatic rings. The SMILES string of the molecule is CCOC(=O)C1(N2CCCCC2)CC1. The van der Waals surface area contributed by atoms with Crippen molar-refractivity contribution in [1.82, 2.24) is 4.90 Å². The summed E-state index contributed by atoms with van der Waals surface area (Å²) in [5, 5.41) is 0. The number of piperidine rings is 1. The van der Waals surface area contributed by atoms with Gasteiger partial charge in [0.05, 0.1) is 6.61 Å². The lowest BCUT2D eigenvalue weighted by molar-refractivity contribution is -0.152. The summed E-state index contributed by atoms with van der Waals surface area (Å²) in [6.45, 7) is 4.55. The van der Waals surface area contributed by atoms with E-state index in [0.29, 0.717) is 6.61 Å². The van der Waals surface area contributed by atoms with Gasteiger partial charge in [0.25, 0.3) is 0 Å². The molecule has 2 rings (SSSR count). The maximum Gasteiger partial charge on any atom is 0.326 e. The van der Waals surface area contributed by atoms with E-state index in [2.05, 4.69) is 4.90 Å². The van der Waals surface area contributed by atoms with Crippen molar-refractivity contribution >= 4 is 5.97 Å². The Kier molecular flexibility index (Phi) is 2.77. The molecule has 0 aromatic rings. The van der Waals surface area contributed by atoms with E-state index >= 15 is 0 Å². The molecule has 0 aromatic carbocycles. The zero-order valence-electron chi connectivity index (χ0n) is 8.92. The molecule has 0 unspecified atom stereocenters. The smallest absolute Gasteiger partial charge is 0.326 e. The van der Waals surface area contributed by atoms with Gasteiger partial charge in [-0.05, 0) is 45.7 Å². The molecule has 0 bridgehead atoms. The summed E-state index contributed by atoms with van der Waals surface area (Å²) < 4.78 is 5.14. The molecule has 0 aromatic heterocycles. The van der Waals surface area contributed by atoms with E-state index in [9.17, 15) is 4.79 Å². The average Bonchev–Trinajstić information content (AvgIpc) is 3.00. The van der Waals surface area contributed by atoms with E-state index in [0.717, 1.165) is 25.9 Å². The van der Waals surface area contributed by atoms with Gasteiger partial charge in [-0.25, -0.2) is 0 Å². The van der Waals surface area contributed by atoms with E-state index < -0.39 is 0 Å². The fourth-order valence-corrected chi connectivity index (χ4v) is 2.36. The highest BCUT2D eigenvalue weighted by atomic mass is 16.5. The largest absolute Gasteiger partial charge is 0.465 e. The number of hydrogen-bond acceptors (Lipinski definition) is 3. The highest BCUT2D eigenvalue weighted by Gasteiger charge is 2.55. The first kappa shape index (κ1) is 9.97. The number of esters is 1. The van der Waals surface area contributed by atoms with Crippen LogP contribution in [0, 0.1) is 0 Å². The molecule has 1 saturated carbocycles. The van der Waals surface area contributed by atoms with Gasteiger partial charge >= 0.3 is 5.97 Å². The molecule has 1 heterocycles. The molecular formula is C11H19NO2. The Bertz CT molecular complexity index is 217. The number of ether oxygens (including phenoxy) is 1. The van der Waals surface area contributed by atoms with Crippen LogP contribution in [0.2, 0.25) is 0 Å². The lowest BCUT2D eigenvalue weighted by atomic mass is 10.1. The van der Waals surface area contributed by atoms with Crippen molar-refractivity contribution < 1.29 is 9.53 Å². The number of likely N-dealkylation sites (tertiary alicyclic amines) is 1. The minimum atomic E-state index is -0.198. The van der Waals surface area contributed by atoms with Crippen molar-refractivity contribution in [2.75, 3.05) is 19.7 Å². The zero-order valence-corrected chi connectivity index (χ0v) is 8.92. The Morgan fingerprint density at radius 2 is 1.93 bits per heavy atom. The highest BCUT2D eigenvalue weighted by Crippen LogP contribution is 2.44. The van der Waals surface area contributed by atoms with Crippen LogP contribution in [0.1, 0.15) is 39.0 Å². The van der Waals surface area contributed by atoms with Crippen molar-refractivity contribution in [3.63, 3.8) is 0 Å². The van der Waals surface area contributed by atoms with Crippen molar-refractivity contribution in [3.8, 4) is 0 Å². The van der Waals surface area contributed by atoms with Crippen LogP contribution in [-0.2, 0) is 9.53 Å². The Hall–Kier alpha value is -0.570. The van der Waals surface area contributed by atoms with Crippen molar-refractivity contribution in [3.05, 3.63) is 0 Å². The number of nitrogens with zero attached hydrogens (tertiary/aromatic N) is 1. The van der Waals surface area contributed by atoms with Crippen LogP contribution in [0.15, 0.2) is 0 Å². The standard InChI is InChI=1S/C11H19NO2/c1-2-14-10(13)11(6-7-11)12-8-4-3-5-9-12/h2-9H2,1H3. The Morgan fingerprint density at radius 3 is 2.43 bits per heavy atom. The quantitative estimate of drug-likeness (QED) is 0.643. The zero-order chi connectivity index (χ0) is 10.0. The fourth-order valence-electron chi connectivity index (χ4n) is 2.36. The second-order valence-corrected chi connectivity index (χ2v) is 4.30. The number of hydrogen-bond donors (Lipinski definition) is 0. The second kappa shape index (κ2) is 3.89. The predicted molar refractivity (Wildman–Crippen MR) is 54.0 cm³/mol. The molecule has 0 amide bonds. The predicted octanol–water partition coefficient (Wildman–Crippen LogP) is 1.57. The van der Waals surface area contributed by atoms with E-state index in [1.807, 2.05) is 6.92 Å². The summed E-state index contributed by atoms with van der Waals surface area (Å²) in [4.78, 5) is 14.1. The molecule has 1 aliphatic heterocycles. The first-order valence-corrected chi connectivity index (χ1v) is 5.72. The normalized spacial score (nSPS) is 25.8. The van der Waals surface area contributed by atoms with Crippen molar-refractivity contribution in [2.45, 2.75) is 44.6 Å². The maximum absolute atomic E-state index is 11.8. The third-order valence-corrected chi connectivity index (χ3v) is 3.34. The van der Waals surface area contributed by atoms with Crippen molar-refractivity contribution in [1.29, 1.82) is 0 Å². The highest BCUT2D eigenvalue weighted by molar-refractivity contribution is 5.84. The van der Waals surface area contributed by atoms with Gasteiger partial charge in [-0.1, -0.05) is 6.42 Å². The van der Waals surface area contributed by atoms with Gasteiger partial charge in [-0.2, -0.15) is 0 Å². The molecule has 1 saturated heterocycles. The number of carbonyl (C=O) groups excluding carboxylic acids is 1. The molecule has 0 radical (unpaired) electrons. The summed E-state index contributed by atoms with van der Waals surface area (Å²) in [7, 11) is 0. The topological polar surface area (TPSA) is 29.5 Å². The molecule has 0 atom stereocenters. The molecular weight excluding hydrogens is 178 g/mol. The number of rotatable bonds is 3. The first-order valence-electron chi connectivity index (χ1n) is 5.72. The summed E-state index contributed by atoms with van der Waals surface area (Å²) in [5.41, 5.74) is -0.198.